The van der Waals surface area contributed by atoms with E-state index in [0.717, 1.165) is 0 Å². The third-order valence-electron chi connectivity index (χ3n) is 4.71. The molecule has 2 aromatic rings. The van der Waals surface area contributed by atoms with Crippen molar-refractivity contribution >= 4 is 11.6 Å². The highest BCUT2D eigenvalue weighted by molar-refractivity contribution is 6.30. The van der Waals surface area contributed by atoms with Crippen LogP contribution in [0.4, 0.5) is 13.2 Å². The van der Waals surface area contributed by atoms with Gasteiger partial charge < -0.3 is 0 Å². The molecule has 1 aromatic heterocycles. The summed E-state index contributed by atoms with van der Waals surface area (Å²) in [6.07, 6.45) is -3.28. The quantitative estimate of drug-likeness (QED) is 0.743. The fourth-order valence-corrected chi connectivity index (χ4v) is 3.55. The van der Waals surface area contributed by atoms with Crippen molar-refractivity contribution in [3.8, 4) is 5.69 Å². The molecular weight excluding hydrogens is 353 g/mol. The van der Waals surface area contributed by atoms with Gasteiger partial charge in [-0.15, -0.1) is 0 Å². The summed E-state index contributed by atoms with van der Waals surface area (Å²) in [5, 5.41) is 0.545. The Morgan fingerprint density at radius 1 is 1.12 bits per heavy atom. The van der Waals surface area contributed by atoms with E-state index in [0.29, 0.717) is 35.1 Å². The molecule has 0 aliphatic heterocycles. The van der Waals surface area contributed by atoms with Crippen LogP contribution in [-0.4, -0.2) is 15.7 Å². The van der Waals surface area contributed by atoms with E-state index in [2.05, 4.69) is 4.98 Å². The molecule has 0 radical (unpaired) electrons. The third-order valence-corrected chi connectivity index (χ3v) is 4.96. The Bertz CT molecular complexity index is 807. The second-order valence-corrected chi connectivity index (χ2v) is 6.93. The summed E-state index contributed by atoms with van der Waals surface area (Å²) < 4.78 is 40.2. The average molecular weight is 371 g/mol. The fourth-order valence-electron chi connectivity index (χ4n) is 3.42. The first-order chi connectivity index (χ1) is 11.8. The summed E-state index contributed by atoms with van der Waals surface area (Å²) >= 11 is 5.90. The van der Waals surface area contributed by atoms with Crippen LogP contribution in [0, 0.1) is 12.8 Å². The van der Waals surface area contributed by atoms with E-state index in [4.69, 9.17) is 11.6 Å². The van der Waals surface area contributed by atoms with Gasteiger partial charge in [-0.1, -0.05) is 11.6 Å². The van der Waals surface area contributed by atoms with Crippen molar-refractivity contribution in [3.05, 3.63) is 57.2 Å². The lowest BCUT2D eigenvalue weighted by Gasteiger charge is -2.30. The normalized spacial score (nSPS) is 21.3. The zero-order chi connectivity index (χ0) is 18.2. The topological polar surface area (TPSA) is 34.9 Å². The number of aromatic nitrogens is 2. The highest BCUT2D eigenvalue weighted by atomic mass is 35.5. The molecule has 1 fully saturated rings. The minimum absolute atomic E-state index is 0.0681. The number of aryl methyl sites for hydroxylation is 1. The van der Waals surface area contributed by atoms with Gasteiger partial charge in [0.1, 0.15) is 5.82 Å². The highest BCUT2D eigenvalue weighted by Gasteiger charge is 2.42. The van der Waals surface area contributed by atoms with Crippen molar-refractivity contribution in [2.45, 2.75) is 44.7 Å². The molecule has 3 nitrogen and oxygen atoms in total. The summed E-state index contributed by atoms with van der Waals surface area (Å²) in [5.74, 6) is -0.890. The molecule has 1 aliphatic rings. The number of hydrogen-bond acceptors (Lipinski definition) is 2. The first kappa shape index (κ1) is 18.0. The summed E-state index contributed by atoms with van der Waals surface area (Å²) in [5.41, 5.74) is 0.959. The van der Waals surface area contributed by atoms with Crippen molar-refractivity contribution < 1.29 is 13.2 Å². The van der Waals surface area contributed by atoms with Gasteiger partial charge in [0.25, 0.3) is 5.56 Å². The fraction of sp³-hybridized carbons (Fsp3) is 0.444. The van der Waals surface area contributed by atoms with Crippen LogP contribution in [0.3, 0.4) is 0 Å². The third kappa shape index (κ3) is 3.89. The zero-order valence-electron chi connectivity index (χ0n) is 13.7. The van der Waals surface area contributed by atoms with Gasteiger partial charge in [-0.2, -0.15) is 13.2 Å². The number of rotatable bonds is 2. The second-order valence-electron chi connectivity index (χ2n) is 6.50. The Kier molecular flexibility index (Phi) is 4.91. The van der Waals surface area contributed by atoms with Crippen LogP contribution in [0.15, 0.2) is 35.1 Å². The first-order valence-electron chi connectivity index (χ1n) is 8.19. The molecule has 1 heterocycles. The summed E-state index contributed by atoms with van der Waals surface area (Å²) in [7, 11) is 0. The Morgan fingerprint density at radius 2 is 1.72 bits per heavy atom. The lowest BCUT2D eigenvalue weighted by atomic mass is 9.81. The molecule has 1 aromatic carbocycles. The molecule has 7 heteroatoms. The molecule has 0 saturated heterocycles. The Balaban J connectivity index is 1.97. The SMILES string of the molecule is Cc1cc(=O)n(-c2ccc(Cl)cc2)c([C@H]2CC[C@@H](C(F)(F)F)CC2)n1. The van der Waals surface area contributed by atoms with Crippen molar-refractivity contribution in [3.63, 3.8) is 0 Å². The Hall–Kier alpha value is -1.82. The predicted octanol–water partition coefficient (Wildman–Crippen LogP) is 5.03. The molecular formula is C18H18ClF3N2O. The molecule has 3 rings (SSSR count). The smallest absolute Gasteiger partial charge is 0.269 e. The van der Waals surface area contributed by atoms with E-state index >= 15 is 0 Å². The van der Waals surface area contributed by atoms with Crippen molar-refractivity contribution in [2.75, 3.05) is 0 Å². The second kappa shape index (κ2) is 6.83. The molecule has 1 aliphatic carbocycles. The average Bonchev–Trinajstić information content (AvgIpc) is 2.55. The van der Waals surface area contributed by atoms with Crippen molar-refractivity contribution in [1.29, 1.82) is 0 Å². The van der Waals surface area contributed by atoms with E-state index in [1.807, 2.05) is 0 Å². The Morgan fingerprint density at radius 3 is 2.28 bits per heavy atom. The molecule has 0 spiro atoms. The van der Waals surface area contributed by atoms with E-state index in [9.17, 15) is 18.0 Å². The van der Waals surface area contributed by atoms with Gasteiger partial charge in [0.2, 0.25) is 0 Å². The maximum absolute atomic E-state index is 12.9. The van der Waals surface area contributed by atoms with Crippen molar-refractivity contribution in [2.24, 2.45) is 5.92 Å². The van der Waals surface area contributed by atoms with Gasteiger partial charge >= 0.3 is 6.18 Å². The number of nitrogens with zero attached hydrogens (tertiary/aromatic N) is 2. The van der Waals surface area contributed by atoms with Crippen LogP contribution in [0.2, 0.25) is 5.02 Å². The zero-order valence-corrected chi connectivity index (χ0v) is 14.4. The summed E-state index contributed by atoms with van der Waals surface area (Å²) in [6.45, 7) is 1.72. The van der Waals surface area contributed by atoms with Gasteiger partial charge in [-0.05, 0) is 56.9 Å². The van der Waals surface area contributed by atoms with Gasteiger partial charge in [0, 0.05) is 22.7 Å². The number of alkyl halides is 3. The van der Waals surface area contributed by atoms with Crippen LogP contribution in [-0.2, 0) is 0 Å². The van der Waals surface area contributed by atoms with Crippen LogP contribution in [0.25, 0.3) is 5.69 Å². The van der Waals surface area contributed by atoms with Gasteiger partial charge in [-0.25, -0.2) is 4.98 Å². The van der Waals surface area contributed by atoms with Crippen LogP contribution in [0.5, 0.6) is 0 Å². The molecule has 1 saturated carbocycles. The molecule has 25 heavy (non-hydrogen) atoms. The lowest BCUT2D eigenvalue weighted by Crippen LogP contribution is -2.30. The predicted molar refractivity (Wildman–Crippen MR) is 90.3 cm³/mol. The maximum Gasteiger partial charge on any atom is 0.391 e. The highest BCUT2D eigenvalue weighted by Crippen LogP contribution is 2.42. The van der Waals surface area contributed by atoms with E-state index < -0.39 is 12.1 Å². The lowest BCUT2D eigenvalue weighted by molar-refractivity contribution is -0.182. The standard InChI is InChI=1S/C18H18ClF3N2O/c1-11-10-16(25)24(15-8-6-14(19)7-9-15)17(23-11)12-2-4-13(5-3-12)18(20,21)22/h6-10,12-13H,2-5H2,1H3/t12-,13+. The number of halogens is 4. The number of benzene rings is 1. The van der Waals surface area contributed by atoms with E-state index in [1.54, 1.807) is 31.2 Å². The molecule has 0 amide bonds. The van der Waals surface area contributed by atoms with Crippen molar-refractivity contribution in [1.82, 2.24) is 9.55 Å². The molecule has 0 unspecified atom stereocenters. The van der Waals surface area contributed by atoms with Crippen LogP contribution >= 0.6 is 11.6 Å². The Labute approximate surface area is 148 Å². The summed E-state index contributed by atoms with van der Waals surface area (Å²) in [4.78, 5) is 17.0. The largest absolute Gasteiger partial charge is 0.391 e. The van der Waals surface area contributed by atoms with Gasteiger partial charge in [0.15, 0.2) is 0 Å². The van der Waals surface area contributed by atoms with Gasteiger partial charge in [0.05, 0.1) is 11.6 Å². The molecule has 0 N–H and O–H groups in total. The number of hydrogen-bond donors (Lipinski definition) is 0. The van der Waals surface area contributed by atoms with Crippen LogP contribution in [0.1, 0.15) is 43.1 Å². The van der Waals surface area contributed by atoms with E-state index in [1.165, 1.54) is 10.6 Å². The van der Waals surface area contributed by atoms with Crippen LogP contribution < -0.4 is 5.56 Å². The molecule has 0 atom stereocenters. The van der Waals surface area contributed by atoms with E-state index in [-0.39, 0.29) is 24.3 Å². The monoisotopic (exact) mass is 370 g/mol. The molecule has 0 bridgehead atoms. The minimum atomic E-state index is -4.15. The van der Waals surface area contributed by atoms with Gasteiger partial charge in [-0.3, -0.25) is 9.36 Å². The first-order valence-corrected chi connectivity index (χ1v) is 8.57. The summed E-state index contributed by atoms with van der Waals surface area (Å²) in [6, 6.07) is 8.21. The molecule has 134 valence electrons. The maximum atomic E-state index is 12.9. The minimum Gasteiger partial charge on any atom is -0.269 e.